The highest BCUT2D eigenvalue weighted by molar-refractivity contribution is 6.23. The number of carbonyl (C=O) groups is 4. The topological polar surface area (TPSA) is 200 Å². The molecule has 2 amide bonds. The molecular weight excluding hydrogens is 640 g/mol. The maximum Gasteiger partial charge on any atom is 0.301 e. The summed E-state index contributed by atoms with van der Waals surface area (Å²) < 4.78 is 11.4. The lowest BCUT2D eigenvalue weighted by Gasteiger charge is -2.54. The molecule has 2 aromatic carbocycles. The van der Waals surface area contributed by atoms with Crippen LogP contribution in [0.3, 0.4) is 0 Å². The SMILES string of the molecule is COc1cc(O)cc(OC)c1[C@H]1C2=CC[C@@H]3C(=O)N(c4cc([N+](=O)[O-])c(N(C)C)c([N+](=O)[O-])c4)C(=O)[C@@H]3[C@@H]2C[C@H]2C(=O)C=C(C)C(=O)[C@@]12C. The number of phenols is 1. The number of nitrogens with zero attached hydrogens (tertiary/aromatic N) is 4. The minimum absolute atomic E-state index is 0.0454. The van der Waals surface area contributed by atoms with Gasteiger partial charge in [-0.15, -0.1) is 0 Å². The molecule has 0 unspecified atom stereocenters. The maximum atomic E-state index is 14.4. The Bertz CT molecular complexity index is 1890. The fourth-order valence-electron chi connectivity index (χ4n) is 8.62. The number of nitro benzene ring substituents is 2. The lowest BCUT2D eigenvalue weighted by atomic mass is 9.47. The van der Waals surface area contributed by atoms with Crippen molar-refractivity contribution in [2.24, 2.45) is 29.1 Å². The molecule has 2 aromatic rings. The van der Waals surface area contributed by atoms with E-state index >= 15 is 0 Å². The van der Waals surface area contributed by atoms with E-state index in [9.17, 15) is 44.5 Å². The lowest BCUT2D eigenvalue weighted by molar-refractivity contribution is -0.392. The molecule has 0 radical (unpaired) electrons. The first-order valence-corrected chi connectivity index (χ1v) is 15.5. The second-order valence-corrected chi connectivity index (χ2v) is 13.3. The van der Waals surface area contributed by atoms with Crippen LogP contribution in [0.1, 0.15) is 38.2 Å². The second-order valence-electron chi connectivity index (χ2n) is 13.3. The van der Waals surface area contributed by atoms with Gasteiger partial charge in [0.25, 0.3) is 0 Å². The minimum atomic E-state index is -1.36. The number of Topliss-reactive ketones (excluding diaryl/α,β-unsaturated/α-hetero) is 1. The summed E-state index contributed by atoms with van der Waals surface area (Å²) in [5.41, 5.74) is -2.02. The predicted molar refractivity (Wildman–Crippen MR) is 174 cm³/mol. The van der Waals surface area contributed by atoms with Crippen molar-refractivity contribution in [1.29, 1.82) is 0 Å². The van der Waals surface area contributed by atoms with E-state index in [1.165, 1.54) is 51.4 Å². The highest BCUT2D eigenvalue weighted by Gasteiger charge is 2.64. The Labute approximate surface area is 280 Å². The van der Waals surface area contributed by atoms with Crippen LogP contribution in [-0.2, 0) is 19.2 Å². The zero-order valence-corrected chi connectivity index (χ0v) is 27.6. The highest BCUT2D eigenvalue weighted by atomic mass is 16.6. The zero-order valence-electron chi connectivity index (χ0n) is 27.6. The smallest absolute Gasteiger partial charge is 0.301 e. The van der Waals surface area contributed by atoms with Crippen molar-refractivity contribution in [3.8, 4) is 17.2 Å². The number of rotatable bonds is 7. The van der Waals surface area contributed by atoms with E-state index in [0.717, 1.165) is 17.0 Å². The van der Waals surface area contributed by atoms with Crippen LogP contribution in [0, 0.1) is 49.3 Å². The van der Waals surface area contributed by atoms with E-state index in [1.54, 1.807) is 19.9 Å². The third-order valence-electron chi connectivity index (χ3n) is 10.6. The number of ketones is 2. The van der Waals surface area contributed by atoms with Gasteiger partial charge in [0, 0.05) is 55.8 Å². The number of hydrogen-bond donors (Lipinski definition) is 1. The van der Waals surface area contributed by atoms with Gasteiger partial charge in [0.05, 0.1) is 47.0 Å². The average molecular weight is 675 g/mol. The van der Waals surface area contributed by atoms with Crippen molar-refractivity contribution in [2.45, 2.75) is 32.6 Å². The van der Waals surface area contributed by atoms with E-state index in [2.05, 4.69) is 0 Å². The number of carbonyl (C=O) groups excluding carboxylic acids is 4. The Morgan fingerprint density at radius 1 is 0.939 bits per heavy atom. The Morgan fingerprint density at radius 3 is 2.02 bits per heavy atom. The van der Waals surface area contributed by atoms with Crippen molar-refractivity contribution in [1.82, 2.24) is 0 Å². The van der Waals surface area contributed by atoms with Crippen LogP contribution in [0.2, 0.25) is 0 Å². The number of fused-ring (bicyclic) bond motifs is 4. The number of amides is 2. The molecule has 0 bridgehead atoms. The molecule has 256 valence electrons. The van der Waals surface area contributed by atoms with E-state index in [4.69, 9.17) is 9.47 Å². The summed E-state index contributed by atoms with van der Waals surface area (Å²) in [6.45, 7) is 3.27. The van der Waals surface area contributed by atoms with Gasteiger partial charge in [-0.3, -0.25) is 39.4 Å². The van der Waals surface area contributed by atoms with Gasteiger partial charge >= 0.3 is 11.4 Å². The summed E-state index contributed by atoms with van der Waals surface area (Å²) in [5, 5.41) is 34.6. The summed E-state index contributed by atoms with van der Waals surface area (Å²) >= 11 is 0. The van der Waals surface area contributed by atoms with E-state index in [0.29, 0.717) is 11.1 Å². The largest absolute Gasteiger partial charge is 0.508 e. The molecule has 6 rings (SSSR count). The number of nitro groups is 2. The molecule has 6 atom stereocenters. The molecular formula is C34H34N4O11. The van der Waals surface area contributed by atoms with Gasteiger partial charge in [-0.05, 0) is 37.3 Å². The Hall–Kier alpha value is -5.60. The monoisotopic (exact) mass is 674 g/mol. The van der Waals surface area contributed by atoms with E-state index in [1.807, 2.05) is 0 Å². The van der Waals surface area contributed by atoms with Crippen molar-refractivity contribution in [3.63, 3.8) is 0 Å². The number of anilines is 2. The minimum Gasteiger partial charge on any atom is -0.508 e. The molecule has 0 aromatic heterocycles. The van der Waals surface area contributed by atoms with Crippen molar-refractivity contribution >= 4 is 46.1 Å². The molecule has 1 saturated carbocycles. The van der Waals surface area contributed by atoms with Crippen molar-refractivity contribution in [3.05, 3.63) is 73.4 Å². The second kappa shape index (κ2) is 11.5. The molecule has 15 heteroatoms. The number of imide groups is 1. The van der Waals surface area contributed by atoms with Crippen LogP contribution in [-0.4, -0.2) is 66.6 Å². The number of aromatic hydroxyl groups is 1. The Morgan fingerprint density at radius 2 is 1.51 bits per heavy atom. The normalized spacial score (nSPS) is 27.5. The van der Waals surface area contributed by atoms with Crippen LogP contribution < -0.4 is 19.3 Å². The predicted octanol–water partition coefficient (Wildman–Crippen LogP) is 4.25. The number of hydrogen-bond acceptors (Lipinski definition) is 12. The highest BCUT2D eigenvalue weighted by Crippen LogP contribution is 2.65. The van der Waals surface area contributed by atoms with Gasteiger partial charge in [-0.1, -0.05) is 18.6 Å². The van der Waals surface area contributed by atoms with E-state index in [-0.39, 0.29) is 58.6 Å². The fourth-order valence-corrected chi connectivity index (χ4v) is 8.62. The third kappa shape index (κ3) is 4.70. The molecule has 2 fully saturated rings. The average Bonchev–Trinajstić information content (AvgIpc) is 3.31. The molecule has 4 aliphatic rings. The lowest BCUT2D eigenvalue weighted by Crippen LogP contribution is -2.55. The summed E-state index contributed by atoms with van der Waals surface area (Å²) in [7, 11) is 5.59. The standard InChI is InChI=1S/C34H34N4O11/c1-15-9-24(40)21-14-20-18(29(34(21,2)31(15)41)28-25(48-5)12-17(39)13-26(28)49-6)7-8-19-27(20)33(43)36(32(19)42)16-10-22(37(44)45)30(35(3)4)23(11-16)38(46)47/h7,9-13,19-21,27,29,39H,8,14H2,1-6H3/t19-,20+,21-,27-,29+,34+/m0/s1. The van der Waals surface area contributed by atoms with E-state index < -0.39 is 68.0 Å². The van der Waals surface area contributed by atoms with Crippen LogP contribution in [0.4, 0.5) is 22.7 Å². The molecule has 1 saturated heterocycles. The zero-order chi connectivity index (χ0) is 35.9. The van der Waals surface area contributed by atoms with Crippen LogP contribution >= 0.6 is 0 Å². The Kier molecular flexibility index (Phi) is 7.84. The summed E-state index contributed by atoms with van der Waals surface area (Å²) in [4.78, 5) is 80.9. The third-order valence-corrected chi connectivity index (χ3v) is 10.6. The van der Waals surface area contributed by atoms with Crippen LogP contribution in [0.15, 0.2) is 47.6 Å². The summed E-state index contributed by atoms with van der Waals surface area (Å²) in [5.74, 6) is -6.33. The molecule has 15 nitrogen and oxygen atoms in total. The number of methoxy groups -OCH3 is 2. The first kappa shape index (κ1) is 33.3. The molecule has 0 spiro atoms. The number of ether oxygens (including phenoxy) is 2. The van der Waals surface area contributed by atoms with Gasteiger partial charge in [-0.25, -0.2) is 4.90 Å². The first-order valence-electron chi connectivity index (χ1n) is 15.5. The van der Waals surface area contributed by atoms with Crippen LogP contribution in [0.25, 0.3) is 0 Å². The molecule has 1 aliphatic heterocycles. The number of allylic oxidation sites excluding steroid dienone is 4. The molecule has 49 heavy (non-hydrogen) atoms. The van der Waals surface area contributed by atoms with Gasteiger partial charge < -0.3 is 19.5 Å². The van der Waals surface area contributed by atoms with Crippen molar-refractivity contribution < 1.29 is 43.6 Å². The number of phenolic OH excluding ortho intramolecular Hbond substituents is 1. The molecule has 3 aliphatic carbocycles. The molecule has 1 N–H and O–H groups in total. The molecule has 1 heterocycles. The van der Waals surface area contributed by atoms with Gasteiger partial charge in [0.1, 0.15) is 17.2 Å². The number of benzene rings is 2. The van der Waals surface area contributed by atoms with Gasteiger partial charge in [0.15, 0.2) is 17.3 Å². The fraction of sp³-hybridized carbons (Fsp3) is 0.412. The van der Waals surface area contributed by atoms with Crippen molar-refractivity contribution in [2.75, 3.05) is 38.1 Å². The quantitative estimate of drug-likeness (QED) is 0.190. The summed E-state index contributed by atoms with van der Waals surface area (Å²) in [6, 6.07) is 4.70. The van der Waals surface area contributed by atoms with Crippen LogP contribution in [0.5, 0.6) is 17.2 Å². The first-order chi connectivity index (χ1) is 23.1. The van der Waals surface area contributed by atoms with Gasteiger partial charge in [0.2, 0.25) is 11.8 Å². The summed E-state index contributed by atoms with van der Waals surface area (Å²) in [6.07, 6.45) is 3.19. The Balaban J connectivity index is 1.54. The maximum absolute atomic E-state index is 14.4. The van der Waals surface area contributed by atoms with Gasteiger partial charge in [-0.2, -0.15) is 0 Å².